The summed E-state index contributed by atoms with van der Waals surface area (Å²) >= 11 is 0. The van der Waals surface area contributed by atoms with Crippen LogP contribution in [0.2, 0.25) is 0 Å². The molecular formula is C13H16N4O3. The normalized spacial score (nSPS) is 9.95. The number of methoxy groups -OCH3 is 1. The van der Waals surface area contributed by atoms with Gasteiger partial charge in [-0.3, -0.25) is 0 Å². The Bertz CT molecular complexity index is 577. The van der Waals surface area contributed by atoms with E-state index in [2.05, 4.69) is 20.3 Å². The van der Waals surface area contributed by atoms with E-state index in [1.165, 1.54) is 0 Å². The molecular weight excluding hydrogens is 260 g/mol. The van der Waals surface area contributed by atoms with Gasteiger partial charge in [0.05, 0.1) is 13.7 Å². The number of hydrogen-bond donors (Lipinski definition) is 1. The molecule has 0 bridgehead atoms. The van der Waals surface area contributed by atoms with Crippen LogP contribution in [-0.4, -0.2) is 35.7 Å². The van der Waals surface area contributed by atoms with Crippen molar-refractivity contribution in [1.82, 2.24) is 15.0 Å². The monoisotopic (exact) mass is 276 g/mol. The van der Waals surface area contributed by atoms with E-state index in [9.17, 15) is 0 Å². The lowest BCUT2D eigenvalue weighted by molar-refractivity contribution is 0.303. The molecule has 1 N–H and O–H groups in total. The maximum Gasteiger partial charge on any atom is 0.330 e. The van der Waals surface area contributed by atoms with Gasteiger partial charge in [-0.2, -0.15) is 9.97 Å². The van der Waals surface area contributed by atoms with Crippen LogP contribution < -0.4 is 19.5 Å². The van der Waals surface area contributed by atoms with Gasteiger partial charge < -0.3 is 19.5 Å². The molecule has 1 heterocycles. The summed E-state index contributed by atoms with van der Waals surface area (Å²) in [5.74, 6) is 1.64. The molecule has 20 heavy (non-hydrogen) atoms. The molecule has 0 aliphatic rings. The fraction of sp³-hybridized carbons (Fsp3) is 0.308. The Balaban J connectivity index is 2.24. The molecule has 2 rings (SSSR count). The minimum absolute atomic E-state index is 0.154. The minimum Gasteiger partial charge on any atom is -0.497 e. The van der Waals surface area contributed by atoms with E-state index >= 15 is 0 Å². The molecule has 0 atom stereocenters. The lowest BCUT2D eigenvalue weighted by Gasteiger charge is -2.08. The summed E-state index contributed by atoms with van der Waals surface area (Å²) in [5, 5.41) is 2.83. The Morgan fingerprint density at radius 2 is 1.85 bits per heavy atom. The van der Waals surface area contributed by atoms with E-state index in [4.69, 9.17) is 14.2 Å². The Morgan fingerprint density at radius 3 is 2.55 bits per heavy atom. The fourth-order valence-corrected chi connectivity index (χ4v) is 1.46. The van der Waals surface area contributed by atoms with Crippen molar-refractivity contribution in [2.45, 2.75) is 6.92 Å². The molecule has 0 fully saturated rings. The van der Waals surface area contributed by atoms with Gasteiger partial charge >= 0.3 is 12.0 Å². The third kappa shape index (κ3) is 3.47. The van der Waals surface area contributed by atoms with Gasteiger partial charge in [-0.25, -0.2) is 0 Å². The summed E-state index contributed by atoms with van der Waals surface area (Å²) in [6.45, 7) is 2.32. The third-order valence-corrected chi connectivity index (χ3v) is 2.34. The first kappa shape index (κ1) is 13.9. The van der Waals surface area contributed by atoms with Crippen LogP contribution >= 0.6 is 0 Å². The molecule has 0 amide bonds. The van der Waals surface area contributed by atoms with E-state index < -0.39 is 0 Å². The number of anilines is 1. The molecule has 1 aromatic carbocycles. The summed E-state index contributed by atoms with van der Waals surface area (Å²) in [7, 11) is 3.30. The summed E-state index contributed by atoms with van der Waals surface area (Å²) in [6.07, 6.45) is 0. The second kappa shape index (κ2) is 6.55. The van der Waals surface area contributed by atoms with Crippen LogP contribution in [0.15, 0.2) is 24.3 Å². The molecule has 0 unspecified atom stereocenters. The Labute approximate surface area is 116 Å². The molecule has 0 spiro atoms. The third-order valence-electron chi connectivity index (χ3n) is 2.34. The lowest BCUT2D eigenvalue weighted by Crippen LogP contribution is -2.05. The van der Waals surface area contributed by atoms with Gasteiger partial charge in [0.1, 0.15) is 11.5 Å². The largest absolute Gasteiger partial charge is 0.497 e. The lowest BCUT2D eigenvalue weighted by atomic mass is 10.3. The van der Waals surface area contributed by atoms with Crippen molar-refractivity contribution in [1.29, 1.82) is 0 Å². The summed E-state index contributed by atoms with van der Waals surface area (Å²) in [5.41, 5.74) is 0. The fourth-order valence-electron chi connectivity index (χ4n) is 1.46. The molecule has 0 saturated carbocycles. The molecule has 7 nitrogen and oxygen atoms in total. The van der Waals surface area contributed by atoms with Gasteiger partial charge in [0.15, 0.2) is 0 Å². The van der Waals surface area contributed by atoms with Crippen LogP contribution in [0.4, 0.5) is 5.95 Å². The average Bonchev–Trinajstić information content (AvgIpc) is 2.47. The first-order chi connectivity index (χ1) is 9.75. The number of benzene rings is 1. The Kier molecular flexibility index (Phi) is 4.54. The topological polar surface area (TPSA) is 78.4 Å². The van der Waals surface area contributed by atoms with Gasteiger partial charge in [-0.15, -0.1) is 4.98 Å². The van der Waals surface area contributed by atoms with Crippen molar-refractivity contribution in [2.75, 3.05) is 26.1 Å². The van der Waals surface area contributed by atoms with Crippen LogP contribution in [0.3, 0.4) is 0 Å². The van der Waals surface area contributed by atoms with Crippen molar-refractivity contribution >= 4 is 5.95 Å². The maximum absolute atomic E-state index is 5.59. The number of aromatic nitrogens is 3. The standard InChI is InChI=1S/C13H16N4O3/c1-4-19-12-15-11(14-2)16-13(17-12)20-10-7-5-6-9(8-10)18-3/h5-8H,4H2,1-3H3,(H,14,15,16,17). The molecule has 0 aliphatic heterocycles. The second-order valence-electron chi connectivity index (χ2n) is 3.69. The smallest absolute Gasteiger partial charge is 0.330 e. The van der Waals surface area contributed by atoms with Gasteiger partial charge in [0.25, 0.3) is 0 Å². The van der Waals surface area contributed by atoms with Gasteiger partial charge in [0, 0.05) is 13.1 Å². The van der Waals surface area contributed by atoms with Crippen molar-refractivity contribution in [3.05, 3.63) is 24.3 Å². The van der Waals surface area contributed by atoms with E-state index in [1.807, 2.05) is 19.1 Å². The highest BCUT2D eigenvalue weighted by atomic mass is 16.5. The molecule has 2 aromatic rings. The Morgan fingerprint density at radius 1 is 1.10 bits per heavy atom. The predicted octanol–water partition coefficient (Wildman–Crippen LogP) is 2.11. The van der Waals surface area contributed by atoms with Crippen molar-refractivity contribution in [3.63, 3.8) is 0 Å². The Hall–Kier alpha value is -2.57. The maximum atomic E-state index is 5.59. The number of nitrogens with zero attached hydrogens (tertiary/aromatic N) is 3. The van der Waals surface area contributed by atoms with Crippen molar-refractivity contribution in [2.24, 2.45) is 0 Å². The van der Waals surface area contributed by atoms with E-state index in [0.717, 1.165) is 0 Å². The van der Waals surface area contributed by atoms with E-state index in [-0.39, 0.29) is 12.0 Å². The van der Waals surface area contributed by atoms with Crippen LogP contribution in [0.5, 0.6) is 23.5 Å². The molecule has 0 radical (unpaired) electrons. The zero-order valence-corrected chi connectivity index (χ0v) is 11.6. The van der Waals surface area contributed by atoms with Crippen LogP contribution in [0.25, 0.3) is 0 Å². The molecule has 7 heteroatoms. The predicted molar refractivity (Wildman–Crippen MR) is 73.6 cm³/mol. The highest BCUT2D eigenvalue weighted by Gasteiger charge is 2.09. The molecule has 0 aliphatic carbocycles. The van der Waals surface area contributed by atoms with E-state index in [1.54, 1.807) is 26.3 Å². The van der Waals surface area contributed by atoms with Gasteiger partial charge in [0.2, 0.25) is 5.95 Å². The number of nitrogens with one attached hydrogen (secondary N) is 1. The van der Waals surface area contributed by atoms with Gasteiger partial charge in [-0.1, -0.05) is 6.07 Å². The van der Waals surface area contributed by atoms with Crippen molar-refractivity contribution in [3.8, 4) is 23.5 Å². The van der Waals surface area contributed by atoms with E-state index in [0.29, 0.717) is 24.1 Å². The molecule has 1 aromatic heterocycles. The SMILES string of the molecule is CCOc1nc(NC)nc(Oc2cccc(OC)c2)n1. The zero-order valence-electron chi connectivity index (χ0n) is 11.6. The average molecular weight is 276 g/mol. The number of rotatable bonds is 6. The highest BCUT2D eigenvalue weighted by Crippen LogP contribution is 2.24. The molecule has 0 saturated heterocycles. The number of hydrogen-bond acceptors (Lipinski definition) is 7. The summed E-state index contributed by atoms with van der Waals surface area (Å²) in [4.78, 5) is 12.2. The van der Waals surface area contributed by atoms with Gasteiger partial charge in [-0.05, 0) is 19.1 Å². The minimum atomic E-state index is 0.154. The van der Waals surface area contributed by atoms with Crippen LogP contribution in [0, 0.1) is 0 Å². The van der Waals surface area contributed by atoms with Crippen LogP contribution in [0.1, 0.15) is 6.92 Å². The van der Waals surface area contributed by atoms with Crippen molar-refractivity contribution < 1.29 is 14.2 Å². The zero-order chi connectivity index (χ0) is 14.4. The highest BCUT2D eigenvalue weighted by molar-refractivity contribution is 5.35. The first-order valence-corrected chi connectivity index (χ1v) is 6.13. The van der Waals surface area contributed by atoms with Crippen LogP contribution in [-0.2, 0) is 0 Å². The summed E-state index contributed by atoms with van der Waals surface area (Å²) < 4.78 is 16.0. The molecule has 106 valence electrons. The second-order valence-corrected chi connectivity index (χ2v) is 3.69. The number of ether oxygens (including phenoxy) is 3. The summed E-state index contributed by atoms with van der Waals surface area (Å²) in [6, 6.07) is 7.53. The quantitative estimate of drug-likeness (QED) is 0.865. The first-order valence-electron chi connectivity index (χ1n) is 6.13.